The van der Waals surface area contributed by atoms with E-state index in [9.17, 15) is 18.0 Å². The van der Waals surface area contributed by atoms with Gasteiger partial charge in [0.1, 0.15) is 0 Å². The van der Waals surface area contributed by atoms with Gasteiger partial charge >= 0.3 is 5.97 Å². The number of amides is 1. The second kappa shape index (κ2) is 9.05. The van der Waals surface area contributed by atoms with Crippen LogP contribution >= 0.6 is 0 Å². The molecule has 1 amide bonds. The molecule has 1 aromatic rings. The molecular weight excluding hydrogens is 380 g/mol. The van der Waals surface area contributed by atoms with Crippen LogP contribution in [0.15, 0.2) is 29.2 Å². The van der Waals surface area contributed by atoms with E-state index in [4.69, 9.17) is 4.74 Å². The number of carbonyl (C=O) groups is 2. The highest BCUT2D eigenvalue weighted by Crippen LogP contribution is 2.23. The Morgan fingerprint density at radius 2 is 1.93 bits per heavy atom. The molecule has 1 saturated carbocycles. The van der Waals surface area contributed by atoms with E-state index in [-0.39, 0.29) is 28.7 Å². The highest BCUT2D eigenvalue weighted by Gasteiger charge is 2.30. The molecule has 1 atom stereocenters. The topological polar surface area (TPSA) is 92.8 Å². The van der Waals surface area contributed by atoms with Crippen LogP contribution in [-0.4, -0.2) is 50.9 Å². The Morgan fingerprint density at radius 3 is 2.64 bits per heavy atom. The fraction of sp³-hybridized carbons (Fsp3) is 0.600. The molecule has 154 valence electrons. The normalized spacial score (nSPS) is 20.9. The number of likely N-dealkylation sites (tertiary alicyclic amines) is 1. The summed E-state index contributed by atoms with van der Waals surface area (Å²) < 4.78 is 33.1. The zero-order chi connectivity index (χ0) is 20.1. The van der Waals surface area contributed by atoms with Crippen LogP contribution in [0.1, 0.15) is 55.8 Å². The standard InChI is InChI=1S/C20H28N2O5S/c1-2-27-20(24)16-8-6-12-22(14-16)19(23)15-7-5-11-18(13-15)28(25,26)21-17-9-3-4-10-17/h5,7,11,13,16-17,21H,2-4,6,8-10,12,14H2,1H3. The second-order valence-corrected chi connectivity index (χ2v) is 9.19. The van der Waals surface area contributed by atoms with Gasteiger partial charge in [0.15, 0.2) is 0 Å². The van der Waals surface area contributed by atoms with Crippen LogP contribution in [0.3, 0.4) is 0 Å². The maximum Gasteiger partial charge on any atom is 0.310 e. The van der Waals surface area contributed by atoms with Crippen molar-refractivity contribution in [3.05, 3.63) is 29.8 Å². The Labute approximate surface area is 166 Å². The van der Waals surface area contributed by atoms with Crippen molar-refractivity contribution in [1.29, 1.82) is 0 Å². The number of nitrogens with one attached hydrogen (secondary N) is 1. The SMILES string of the molecule is CCOC(=O)C1CCCN(C(=O)c2cccc(S(=O)(=O)NC3CCCC3)c2)C1. The van der Waals surface area contributed by atoms with Crippen molar-refractivity contribution < 1.29 is 22.7 Å². The summed E-state index contributed by atoms with van der Waals surface area (Å²) in [6.45, 7) is 2.92. The van der Waals surface area contributed by atoms with E-state index in [0.717, 1.165) is 32.1 Å². The molecule has 1 N–H and O–H groups in total. The average Bonchev–Trinajstić information content (AvgIpc) is 3.20. The number of nitrogens with zero attached hydrogens (tertiary/aromatic N) is 1. The quantitative estimate of drug-likeness (QED) is 0.729. The molecule has 3 rings (SSSR count). The van der Waals surface area contributed by atoms with Gasteiger partial charge in [0.2, 0.25) is 10.0 Å². The van der Waals surface area contributed by atoms with Gasteiger partial charge in [0.05, 0.1) is 17.4 Å². The lowest BCUT2D eigenvalue weighted by Gasteiger charge is -2.31. The summed E-state index contributed by atoms with van der Waals surface area (Å²) in [4.78, 5) is 26.6. The van der Waals surface area contributed by atoms with Crippen molar-refractivity contribution >= 4 is 21.9 Å². The van der Waals surface area contributed by atoms with Gasteiger partial charge in [-0.1, -0.05) is 18.9 Å². The van der Waals surface area contributed by atoms with Crippen LogP contribution in [-0.2, 0) is 19.6 Å². The third-order valence-electron chi connectivity index (χ3n) is 5.40. The molecule has 1 heterocycles. The number of benzene rings is 1. The first-order valence-corrected chi connectivity index (χ1v) is 11.5. The Kier molecular flexibility index (Phi) is 6.72. The predicted molar refractivity (Wildman–Crippen MR) is 104 cm³/mol. The molecule has 1 saturated heterocycles. The Bertz CT molecular complexity index is 818. The highest BCUT2D eigenvalue weighted by atomic mass is 32.2. The number of sulfonamides is 1. The number of esters is 1. The van der Waals surface area contributed by atoms with Gasteiger partial charge in [-0.2, -0.15) is 0 Å². The molecule has 7 nitrogen and oxygen atoms in total. The predicted octanol–water partition coefficient (Wildman–Crippen LogP) is 2.32. The fourth-order valence-corrected chi connectivity index (χ4v) is 5.27. The summed E-state index contributed by atoms with van der Waals surface area (Å²) in [6, 6.07) is 6.10. The molecule has 1 aromatic carbocycles. The summed E-state index contributed by atoms with van der Waals surface area (Å²) >= 11 is 0. The Morgan fingerprint density at radius 1 is 1.18 bits per heavy atom. The van der Waals surface area contributed by atoms with Gasteiger partial charge in [-0.05, 0) is 50.8 Å². The minimum atomic E-state index is -3.66. The van der Waals surface area contributed by atoms with E-state index in [1.807, 2.05) is 0 Å². The summed E-state index contributed by atoms with van der Waals surface area (Å²) in [7, 11) is -3.66. The van der Waals surface area contributed by atoms with Crippen molar-refractivity contribution in [2.24, 2.45) is 5.92 Å². The van der Waals surface area contributed by atoms with Crippen molar-refractivity contribution in [2.45, 2.75) is 56.4 Å². The molecule has 8 heteroatoms. The first kappa shape index (κ1) is 20.8. The third kappa shape index (κ3) is 4.91. The van der Waals surface area contributed by atoms with E-state index in [0.29, 0.717) is 31.7 Å². The molecule has 1 aliphatic heterocycles. The molecule has 0 spiro atoms. The lowest BCUT2D eigenvalue weighted by molar-refractivity contribution is -0.149. The summed E-state index contributed by atoms with van der Waals surface area (Å²) in [5.74, 6) is -0.863. The van der Waals surface area contributed by atoms with E-state index in [1.54, 1.807) is 24.0 Å². The van der Waals surface area contributed by atoms with Crippen molar-refractivity contribution in [1.82, 2.24) is 9.62 Å². The fourth-order valence-electron chi connectivity index (χ4n) is 3.92. The molecule has 0 aromatic heterocycles. The van der Waals surface area contributed by atoms with Crippen molar-refractivity contribution in [3.8, 4) is 0 Å². The minimum Gasteiger partial charge on any atom is -0.466 e. The minimum absolute atomic E-state index is 0.0308. The largest absolute Gasteiger partial charge is 0.466 e. The van der Waals surface area contributed by atoms with Crippen LogP contribution < -0.4 is 4.72 Å². The van der Waals surface area contributed by atoms with Crippen LogP contribution in [0.25, 0.3) is 0 Å². The van der Waals surface area contributed by atoms with E-state index < -0.39 is 10.0 Å². The molecule has 1 unspecified atom stereocenters. The summed E-state index contributed by atoms with van der Waals surface area (Å²) in [6.07, 6.45) is 5.17. The maximum absolute atomic E-state index is 12.9. The van der Waals surface area contributed by atoms with E-state index in [1.165, 1.54) is 12.1 Å². The smallest absolute Gasteiger partial charge is 0.310 e. The molecule has 0 bridgehead atoms. The van der Waals surface area contributed by atoms with Gasteiger partial charge in [0.25, 0.3) is 5.91 Å². The van der Waals surface area contributed by atoms with Crippen LogP contribution in [0.4, 0.5) is 0 Å². The lowest BCUT2D eigenvalue weighted by Crippen LogP contribution is -2.42. The van der Waals surface area contributed by atoms with Gasteiger partial charge in [0, 0.05) is 24.7 Å². The first-order chi connectivity index (χ1) is 13.4. The lowest BCUT2D eigenvalue weighted by atomic mass is 9.97. The molecule has 2 aliphatic rings. The van der Waals surface area contributed by atoms with Crippen LogP contribution in [0.2, 0.25) is 0 Å². The molecule has 28 heavy (non-hydrogen) atoms. The van der Waals surface area contributed by atoms with Gasteiger partial charge in [-0.15, -0.1) is 0 Å². The Hall–Kier alpha value is -1.93. The number of hydrogen-bond acceptors (Lipinski definition) is 5. The summed E-state index contributed by atoms with van der Waals surface area (Å²) in [5.41, 5.74) is 0.318. The first-order valence-electron chi connectivity index (χ1n) is 9.99. The zero-order valence-electron chi connectivity index (χ0n) is 16.2. The number of ether oxygens (including phenoxy) is 1. The summed E-state index contributed by atoms with van der Waals surface area (Å²) in [5, 5.41) is 0. The van der Waals surface area contributed by atoms with Crippen LogP contribution in [0, 0.1) is 5.92 Å². The second-order valence-electron chi connectivity index (χ2n) is 7.47. The molecule has 2 fully saturated rings. The number of rotatable bonds is 6. The maximum atomic E-state index is 12.9. The Balaban J connectivity index is 1.72. The van der Waals surface area contributed by atoms with Gasteiger partial charge in [-0.3, -0.25) is 9.59 Å². The van der Waals surface area contributed by atoms with E-state index in [2.05, 4.69) is 4.72 Å². The number of hydrogen-bond donors (Lipinski definition) is 1. The highest BCUT2D eigenvalue weighted by molar-refractivity contribution is 7.89. The van der Waals surface area contributed by atoms with Crippen molar-refractivity contribution in [2.75, 3.05) is 19.7 Å². The van der Waals surface area contributed by atoms with E-state index >= 15 is 0 Å². The zero-order valence-corrected chi connectivity index (χ0v) is 17.0. The van der Waals surface area contributed by atoms with Gasteiger partial charge < -0.3 is 9.64 Å². The monoisotopic (exact) mass is 408 g/mol. The van der Waals surface area contributed by atoms with Crippen molar-refractivity contribution in [3.63, 3.8) is 0 Å². The number of carbonyl (C=O) groups excluding carboxylic acids is 2. The van der Waals surface area contributed by atoms with Crippen LogP contribution in [0.5, 0.6) is 0 Å². The molecular formula is C20H28N2O5S. The molecule has 1 aliphatic carbocycles. The third-order valence-corrected chi connectivity index (χ3v) is 6.91. The average molecular weight is 409 g/mol. The number of piperidine rings is 1. The van der Waals surface area contributed by atoms with Gasteiger partial charge in [-0.25, -0.2) is 13.1 Å². The molecule has 0 radical (unpaired) electrons.